The number of rotatable bonds is 6. The van der Waals surface area contributed by atoms with Crippen LogP contribution in [0.2, 0.25) is 0 Å². The van der Waals surface area contributed by atoms with Crippen LogP contribution in [0.1, 0.15) is 60.5 Å². The summed E-state index contributed by atoms with van der Waals surface area (Å²) in [6, 6.07) is 3.33. The van der Waals surface area contributed by atoms with Crippen molar-refractivity contribution < 1.29 is 18.7 Å². The quantitative estimate of drug-likeness (QED) is 0.316. The highest BCUT2D eigenvalue weighted by atomic mass is 79.9. The predicted octanol–water partition coefficient (Wildman–Crippen LogP) is 5.56. The highest BCUT2D eigenvalue weighted by molar-refractivity contribution is 9.09. The molecule has 8 heteroatoms. The van der Waals surface area contributed by atoms with Crippen molar-refractivity contribution in [2.75, 3.05) is 18.5 Å². The first kappa shape index (κ1) is 24.0. The first-order valence-corrected chi connectivity index (χ1v) is 12.8. The number of alkyl halides is 1. The van der Waals surface area contributed by atoms with E-state index in [2.05, 4.69) is 21.0 Å². The molecule has 33 heavy (non-hydrogen) atoms. The molecule has 0 aliphatic carbocycles. The van der Waals surface area contributed by atoms with Crippen molar-refractivity contribution in [3.05, 3.63) is 40.6 Å². The number of hydrogen-bond donors (Lipinski definition) is 0. The number of nitrogens with zero attached hydrogens (tertiary/aromatic N) is 3. The first-order valence-electron chi connectivity index (χ1n) is 11.7. The zero-order valence-corrected chi connectivity index (χ0v) is 21.1. The Hall–Kier alpha value is -2.19. The number of benzene rings is 1. The Morgan fingerprint density at radius 3 is 2.82 bits per heavy atom. The van der Waals surface area contributed by atoms with E-state index in [1.54, 1.807) is 0 Å². The molecule has 0 saturated heterocycles. The van der Waals surface area contributed by atoms with Crippen molar-refractivity contribution in [2.24, 2.45) is 7.05 Å². The molecule has 0 saturated carbocycles. The number of carbonyl (C=O) groups is 1. The van der Waals surface area contributed by atoms with Gasteiger partial charge in [0.2, 0.25) is 0 Å². The molecule has 178 valence electrons. The molecule has 1 aliphatic rings. The smallest absolute Gasteiger partial charge is 0.355 e. The largest absolute Gasteiger partial charge is 0.461 e. The number of fused-ring (bicyclic) bond motifs is 2. The average molecular weight is 520 g/mol. The van der Waals surface area contributed by atoms with Crippen LogP contribution in [-0.2, 0) is 42.5 Å². The van der Waals surface area contributed by atoms with Gasteiger partial charge in [0.1, 0.15) is 11.5 Å². The Labute approximate surface area is 202 Å². The predicted molar refractivity (Wildman–Crippen MR) is 130 cm³/mol. The van der Waals surface area contributed by atoms with E-state index in [9.17, 15) is 4.79 Å². The van der Waals surface area contributed by atoms with Gasteiger partial charge in [-0.3, -0.25) is 4.68 Å². The van der Waals surface area contributed by atoms with E-state index >= 15 is 4.39 Å². The number of carbonyl (C=O) groups excluding carboxylic acids is 1. The zero-order valence-electron chi connectivity index (χ0n) is 19.5. The number of hydrogen-bond acceptors (Lipinski definition) is 4. The average Bonchev–Trinajstić information content (AvgIpc) is 3.27. The van der Waals surface area contributed by atoms with Gasteiger partial charge in [-0.25, -0.2) is 9.18 Å². The number of aromatic nitrogens is 3. The van der Waals surface area contributed by atoms with Gasteiger partial charge in [-0.1, -0.05) is 22.9 Å². The van der Waals surface area contributed by atoms with Gasteiger partial charge in [0.05, 0.1) is 24.4 Å². The normalized spacial score (nSPS) is 14.2. The van der Waals surface area contributed by atoms with Crippen LogP contribution < -0.4 is 0 Å². The molecule has 0 fully saturated rings. The van der Waals surface area contributed by atoms with Crippen molar-refractivity contribution >= 4 is 32.8 Å². The number of aryl methyl sites for hydroxylation is 3. The van der Waals surface area contributed by atoms with E-state index < -0.39 is 0 Å². The highest BCUT2D eigenvalue weighted by Gasteiger charge is 2.30. The number of ether oxygens (including phenoxy) is 2. The topological polar surface area (TPSA) is 58.3 Å². The summed E-state index contributed by atoms with van der Waals surface area (Å²) in [5, 5.41) is 6.42. The fourth-order valence-electron chi connectivity index (χ4n) is 4.94. The van der Waals surface area contributed by atoms with Gasteiger partial charge in [0, 0.05) is 47.7 Å². The van der Waals surface area contributed by atoms with Gasteiger partial charge in [-0.2, -0.15) is 5.10 Å². The van der Waals surface area contributed by atoms with Gasteiger partial charge < -0.3 is 14.0 Å². The van der Waals surface area contributed by atoms with Crippen molar-refractivity contribution in [3.63, 3.8) is 0 Å². The van der Waals surface area contributed by atoms with Crippen LogP contribution in [0.3, 0.4) is 0 Å². The van der Waals surface area contributed by atoms with E-state index in [0.717, 1.165) is 58.0 Å². The van der Waals surface area contributed by atoms with E-state index in [-0.39, 0.29) is 11.8 Å². The summed E-state index contributed by atoms with van der Waals surface area (Å²) >= 11 is 3.52. The molecule has 0 amide bonds. The monoisotopic (exact) mass is 519 g/mol. The Morgan fingerprint density at radius 1 is 1.27 bits per heavy atom. The standard InChI is InChI=1S/C25H31BrFN3O3/c1-4-20-22-19(28-29(20)3)15-32-14-7-6-13-30-23-17(10-11-18(27)21(22)23)16(9-8-12-26)24(30)25(31)33-5-2/h10-11H,4-9,12-15H2,1-3H3. The molecule has 2 aromatic heterocycles. The number of esters is 1. The summed E-state index contributed by atoms with van der Waals surface area (Å²) in [7, 11) is 1.89. The third kappa shape index (κ3) is 4.35. The van der Waals surface area contributed by atoms with E-state index in [1.807, 2.05) is 36.2 Å². The first-order chi connectivity index (χ1) is 16.0. The second-order valence-corrected chi connectivity index (χ2v) is 9.11. The molecule has 0 spiro atoms. The molecule has 1 aliphatic heterocycles. The lowest BCUT2D eigenvalue weighted by atomic mass is 9.96. The Balaban J connectivity index is 2.13. The Kier molecular flexibility index (Phi) is 7.54. The van der Waals surface area contributed by atoms with Crippen LogP contribution in [0.5, 0.6) is 0 Å². The molecule has 3 aromatic rings. The maximum atomic E-state index is 15.7. The zero-order chi connectivity index (χ0) is 23.5. The van der Waals surface area contributed by atoms with Crippen LogP contribution in [0.4, 0.5) is 4.39 Å². The van der Waals surface area contributed by atoms with Crippen LogP contribution >= 0.6 is 15.9 Å². The lowest BCUT2D eigenvalue weighted by Crippen LogP contribution is -2.15. The number of halogens is 2. The molecule has 3 heterocycles. The fraction of sp³-hybridized carbons (Fsp3) is 0.520. The summed E-state index contributed by atoms with van der Waals surface area (Å²) < 4.78 is 30.9. The van der Waals surface area contributed by atoms with Gasteiger partial charge in [0.25, 0.3) is 0 Å². The Bertz CT molecular complexity index is 1170. The van der Waals surface area contributed by atoms with E-state index in [4.69, 9.17) is 9.47 Å². The van der Waals surface area contributed by atoms with Crippen molar-refractivity contribution in [2.45, 2.75) is 59.1 Å². The molecule has 0 atom stereocenters. The molecule has 6 nitrogen and oxygen atoms in total. The van der Waals surface area contributed by atoms with Gasteiger partial charge in [-0.05, 0) is 56.7 Å². The van der Waals surface area contributed by atoms with Crippen molar-refractivity contribution in [1.29, 1.82) is 0 Å². The van der Waals surface area contributed by atoms with Crippen molar-refractivity contribution in [1.82, 2.24) is 14.3 Å². The highest BCUT2D eigenvalue weighted by Crippen LogP contribution is 2.41. The minimum Gasteiger partial charge on any atom is -0.461 e. The summed E-state index contributed by atoms with van der Waals surface area (Å²) in [5.74, 6) is -0.662. The molecular formula is C25H31BrFN3O3. The maximum absolute atomic E-state index is 15.7. The summed E-state index contributed by atoms with van der Waals surface area (Å²) in [6.07, 6.45) is 3.93. The van der Waals surface area contributed by atoms with Crippen LogP contribution in [0.15, 0.2) is 12.1 Å². The molecule has 0 bridgehead atoms. The SMILES string of the molecule is CCOC(=O)c1c(CCCBr)c2ccc(F)c3c2n1CCCCOCc1nn(C)c(CC)c1-3. The molecular weight excluding hydrogens is 489 g/mol. The molecule has 0 N–H and O–H groups in total. The molecule has 0 unspecified atom stereocenters. The van der Waals surface area contributed by atoms with E-state index in [1.165, 1.54) is 6.07 Å². The van der Waals surface area contributed by atoms with Gasteiger partial charge >= 0.3 is 5.97 Å². The second-order valence-electron chi connectivity index (χ2n) is 8.32. The van der Waals surface area contributed by atoms with Crippen LogP contribution in [0, 0.1) is 5.82 Å². The van der Waals surface area contributed by atoms with Crippen LogP contribution in [-0.4, -0.2) is 38.9 Å². The lowest BCUT2D eigenvalue weighted by molar-refractivity contribution is 0.0512. The maximum Gasteiger partial charge on any atom is 0.355 e. The lowest BCUT2D eigenvalue weighted by Gasteiger charge is -2.14. The summed E-state index contributed by atoms with van der Waals surface area (Å²) in [5.41, 5.74) is 5.21. The minimum absolute atomic E-state index is 0.292. The molecule has 4 rings (SSSR count). The van der Waals surface area contributed by atoms with Crippen molar-refractivity contribution in [3.8, 4) is 11.1 Å². The summed E-state index contributed by atoms with van der Waals surface area (Å²) in [6.45, 7) is 5.66. The fourth-order valence-corrected chi connectivity index (χ4v) is 5.22. The third-order valence-corrected chi connectivity index (χ3v) is 6.85. The van der Waals surface area contributed by atoms with Gasteiger partial charge in [0.15, 0.2) is 0 Å². The molecule has 0 radical (unpaired) electrons. The second kappa shape index (κ2) is 10.4. The minimum atomic E-state index is -0.349. The Morgan fingerprint density at radius 2 is 2.09 bits per heavy atom. The third-order valence-electron chi connectivity index (χ3n) is 6.29. The van der Waals surface area contributed by atoms with E-state index in [0.29, 0.717) is 50.5 Å². The molecule has 1 aromatic carbocycles. The summed E-state index contributed by atoms with van der Waals surface area (Å²) in [4.78, 5) is 13.2. The van der Waals surface area contributed by atoms with Crippen LogP contribution in [0.25, 0.3) is 22.0 Å². The van der Waals surface area contributed by atoms with Gasteiger partial charge in [-0.15, -0.1) is 0 Å².